The van der Waals surface area contributed by atoms with Gasteiger partial charge in [0.2, 0.25) is 0 Å². The molecule has 0 unspecified atom stereocenters. The molecule has 0 fully saturated rings. The number of hydrogen-bond donors (Lipinski definition) is 0. The van der Waals surface area contributed by atoms with Crippen molar-refractivity contribution in [1.82, 2.24) is 0 Å². The summed E-state index contributed by atoms with van der Waals surface area (Å²) in [5, 5.41) is 5.16. The van der Waals surface area contributed by atoms with Crippen LogP contribution in [0.2, 0.25) is 0 Å². The van der Waals surface area contributed by atoms with Crippen molar-refractivity contribution < 1.29 is 4.74 Å². The molecule has 0 N–H and O–H groups in total. The van der Waals surface area contributed by atoms with E-state index < -0.39 is 0 Å². The van der Waals surface area contributed by atoms with Crippen LogP contribution in [0.25, 0.3) is 0 Å². The molecule has 0 saturated heterocycles. The molecule has 1 rings (SSSR count). The predicted octanol–water partition coefficient (Wildman–Crippen LogP) is 3.22. The molecule has 3 heteroatoms. The number of rotatable bonds is 4. The Labute approximate surface area is 79.5 Å². The highest BCUT2D eigenvalue weighted by Gasteiger charge is 1.97. The summed E-state index contributed by atoms with van der Waals surface area (Å²) in [7, 11) is 0. The van der Waals surface area contributed by atoms with Gasteiger partial charge in [0.1, 0.15) is 5.75 Å². The Hall–Kier alpha value is -0.0200. The monoisotopic (exact) mass is 234 g/mol. The topological polar surface area (TPSA) is 9.23 Å². The van der Waals surface area contributed by atoms with Crippen LogP contribution >= 0.6 is 27.3 Å². The Bertz CT molecular complexity index is 210. The van der Waals surface area contributed by atoms with Crippen LogP contribution in [-0.4, -0.2) is 11.9 Å². The van der Waals surface area contributed by atoms with E-state index in [9.17, 15) is 0 Å². The van der Waals surface area contributed by atoms with E-state index in [1.807, 2.05) is 5.38 Å². The van der Waals surface area contributed by atoms with Gasteiger partial charge in [0.25, 0.3) is 0 Å². The lowest BCUT2D eigenvalue weighted by Gasteiger charge is -2.02. The van der Waals surface area contributed by atoms with Crippen molar-refractivity contribution >= 4 is 27.3 Å². The number of ether oxygens (including phenoxy) is 1. The van der Waals surface area contributed by atoms with E-state index in [1.165, 1.54) is 5.56 Å². The summed E-state index contributed by atoms with van der Waals surface area (Å²) in [5.74, 6) is 1.04. The second-order valence-electron chi connectivity index (χ2n) is 2.31. The van der Waals surface area contributed by atoms with Crippen molar-refractivity contribution in [2.24, 2.45) is 0 Å². The van der Waals surface area contributed by atoms with Crippen LogP contribution in [-0.2, 0) is 0 Å². The van der Waals surface area contributed by atoms with E-state index in [4.69, 9.17) is 4.74 Å². The fraction of sp³-hybridized carbons (Fsp3) is 0.500. The van der Waals surface area contributed by atoms with Crippen molar-refractivity contribution in [3.63, 3.8) is 0 Å². The molecule has 0 saturated carbocycles. The van der Waals surface area contributed by atoms with Crippen LogP contribution in [0.1, 0.15) is 12.0 Å². The SMILES string of the molecule is Cc1cscc1OCCCBr. The number of alkyl halides is 1. The Morgan fingerprint density at radius 3 is 2.91 bits per heavy atom. The number of aryl methyl sites for hydroxylation is 1. The molecule has 11 heavy (non-hydrogen) atoms. The average Bonchev–Trinajstić information content (AvgIpc) is 2.37. The van der Waals surface area contributed by atoms with E-state index in [-0.39, 0.29) is 0 Å². The van der Waals surface area contributed by atoms with Crippen LogP contribution in [0.15, 0.2) is 10.8 Å². The fourth-order valence-electron chi connectivity index (χ4n) is 0.733. The second-order valence-corrected chi connectivity index (χ2v) is 3.85. The first-order valence-electron chi connectivity index (χ1n) is 3.56. The molecule has 1 aromatic rings. The maximum Gasteiger partial charge on any atom is 0.132 e. The molecule has 0 aliphatic heterocycles. The first-order chi connectivity index (χ1) is 5.34. The van der Waals surface area contributed by atoms with E-state index in [0.29, 0.717) is 0 Å². The number of halogens is 1. The van der Waals surface area contributed by atoms with Gasteiger partial charge >= 0.3 is 0 Å². The van der Waals surface area contributed by atoms with Crippen molar-refractivity contribution in [3.05, 3.63) is 16.3 Å². The van der Waals surface area contributed by atoms with E-state index in [1.54, 1.807) is 11.3 Å². The van der Waals surface area contributed by atoms with Gasteiger partial charge in [-0.25, -0.2) is 0 Å². The van der Waals surface area contributed by atoms with Gasteiger partial charge in [0.15, 0.2) is 0 Å². The Morgan fingerprint density at radius 1 is 1.55 bits per heavy atom. The Morgan fingerprint density at radius 2 is 2.36 bits per heavy atom. The van der Waals surface area contributed by atoms with Crippen LogP contribution in [0.5, 0.6) is 5.75 Å². The zero-order valence-electron chi connectivity index (χ0n) is 6.47. The molecule has 1 nitrogen and oxygen atoms in total. The molecule has 0 spiro atoms. The molecular weight excluding hydrogens is 224 g/mol. The van der Waals surface area contributed by atoms with Crippen LogP contribution in [0.4, 0.5) is 0 Å². The normalized spacial score (nSPS) is 10.0. The predicted molar refractivity (Wildman–Crippen MR) is 53.0 cm³/mol. The third-order valence-electron chi connectivity index (χ3n) is 1.34. The maximum absolute atomic E-state index is 5.50. The summed E-state index contributed by atoms with van der Waals surface area (Å²) in [6.07, 6.45) is 1.06. The molecular formula is C8H11BrOS. The minimum absolute atomic E-state index is 0.808. The van der Waals surface area contributed by atoms with Gasteiger partial charge in [-0.05, 0) is 18.7 Å². The highest BCUT2D eigenvalue weighted by Crippen LogP contribution is 2.21. The summed E-state index contributed by atoms with van der Waals surface area (Å²) < 4.78 is 5.50. The first-order valence-corrected chi connectivity index (χ1v) is 5.62. The zero-order chi connectivity index (χ0) is 8.10. The number of thiophene rings is 1. The highest BCUT2D eigenvalue weighted by atomic mass is 79.9. The average molecular weight is 235 g/mol. The van der Waals surface area contributed by atoms with E-state index in [0.717, 1.165) is 24.1 Å². The van der Waals surface area contributed by atoms with Crippen molar-refractivity contribution in [3.8, 4) is 5.75 Å². The lowest BCUT2D eigenvalue weighted by molar-refractivity contribution is 0.318. The Kier molecular flexibility index (Phi) is 3.94. The zero-order valence-corrected chi connectivity index (χ0v) is 8.87. The van der Waals surface area contributed by atoms with Crippen LogP contribution in [0.3, 0.4) is 0 Å². The van der Waals surface area contributed by atoms with E-state index in [2.05, 4.69) is 28.2 Å². The summed E-state index contributed by atoms with van der Waals surface area (Å²) >= 11 is 5.04. The summed E-state index contributed by atoms with van der Waals surface area (Å²) in [5.41, 5.74) is 1.24. The molecule has 0 bridgehead atoms. The first kappa shape index (κ1) is 9.07. The third kappa shape index (κ3) is 2.83. The molecule has 0 aromatic carbocycles. The lowest BCUT2D eigenvalue weighted by Crippen LogP contribution is -1.97. The minimum Gasteiger partial charge on any atom is -0.492 e. The molecule has 62 valence electrons. The standard InChI is InChI=1S/C8H11BrOS/c1-7-5-11-6-8(7)10-4-2-3-9/h5-6H,2-4H2,1H3. The molecule has 1 heterocycles. The highest BCUT2D eigenvalue weighted by molar-refractivity contribution is 9.09. The number of hydrogen-bond acceptors (Lipinski definition) is 2. The minimum atomic E-state index is 0.808. The van der Waals surface area contributed by atoms with Gasteiger partial charge in [-0.15, -0.1) is 11.3 Å². The molecule has 0 aliphatic rings. The quantitative estimate of drug-likeness (QED) is 0.575. The summed E-state index contributed by atoms with van der Waals surface area (Å²) in [6.45, 7) is 2.88. The van der Waals surface area contributed by atoms with Crippen LogP contribution < -0.4 is 4.74 Å². The molecule has 0 amide bonds. The summed E-state index contributed by atoms with van der Waals surface area (Å²) in [6, 6.07) is 0. The fourth-order valence-corrected chi connectivity index (χ4v) is 1.73. The van der Waals surface area contributed by atoms with Gasteiger partial charge in [-0.3, -0.25) is 0 Å². The third-order valence-corrected chi connectivity index (χ3v) is 2.74. The van der Waals surface area contributed by atoms with Gasteiger partial charge in [-0.2, -0.15) is 0 Å². The van der Waals surface area contributed by atoms with E-state index >= 15 is 0 Å². The second kappa shape index (κ2) is 4.78. The molecule has 0 radical (unpaired) electrons. The van der Waals surface area contributed by atoms with Gasteiger partial charge in [0.05, 0.1) is 6.61 Å². The Balaban J connectivity index is 2.32. The molecule has 0 atom stereocenters. The lowest BCUT2D eigenvalue weighted by atomic mass is 10.4. The summed E-state index contributed by atoms with van der Waals surface area (Å²) in [4.78, 5) is 0. The van der Waals surface area contributed by atoms with Crippen molar-refractivity contribution in [2.45, 2.75) is 13.3 Å². The van der Waals surface area contributed by atoms with Crippen molar-refractivity contribution in [1.29, 1.82) is 0 Å². The van der Waals surface area contributed by atoms with Crippen LogP contribution in [0, 0.1) is 6.92 Å². The largest absolute Gasteiger partial charge is 0.492 e. The maximum atomic E-state index is 5.50. The molecule has 0 aliphatic carbocycles. The molecule has 1 aromatic heterocycles. The smallest absolute Gasteiger partial charge is 0.132 e. The van der Waals surface area contributed by atoms with Gasteiger partial charge in [-0.1, -0.05) is 15.9 Å². The van der Waals surface area contributed by atoms with Gasteiger partial charge in [0, 0.05) is 16.3 Å². The van der Waals surface area contributed by atoms with Crippen molar-refractivity contribution in [2.75, 3.05) is 11.9 Å². The van der Waals surface area contributed by atoms with Gasteiger partial charge < -0.3 is 4.74 Å².